The highest BCUT2D eigenvalue weighted by Crippen LogP contribution is 2.27. The number of carbonyl (C=O) groups is 3. The van der Waals surface area contributed by atoms with Crippen molar-refractivity contribution in [3.05, 3.63) is 29.3 Å². The molecular weight excluding hydrogens is 352 g/mol. The molecule has 0 fully saturated rings. The van der Waals surface area contributed by atoms with Crippen LogP contribution < -0.4 is 10.6 Å². The van der Waals surface area contributed by atoms with Gasteiger partial charge in [-0.1, -0.05) is 6.07 Å². The Hall–Kier alpha value is -2.02. The maximum absolute atomic E-state index is 12.0. The van der Waals surface area contributed by atoms with E-state index < -0.39 is 29.6 Å². The van der Waals surface area contributed by atoms with Gasteiger partial charge in [-0.3, -0.25) is 14.9 Å². The summed E-state index contributed by atoms with van der Waals surface area (Å²) in [6, 6.07) is 5.63. The third-order valence-electron chi connectivity index (χ3n) is 3.83. The predicted octanol–water partition coefficient (Wildman–Crippen LogP) is 2.82. The lowest BCUT2D eigenvalue weighted by molar-refractivity contribution is -0.151. The van der Waals surface area contributed by atoms with Gasteiger partial charge in [0.25, 0.3) is 5.91 Å². The van der Waals surface area contributed by atoms with Crippen molar-refractivity contribution in [1.82, 2.24) is 10.6 Å². The summed E-state index contributed by atoms with van der Waals surface area (Å²) in [5.74, 6) is -1.03. The van der Waals surface area contributed by atoms with E-state index in [1.165, 1.54) is 36.2 Å². The lowest BCUT2D eigenvalue weighted by Crippen LogP contribution is -2.50. The summed E-state index contributed by atoms with van der Waals surface area (Å²) in [6.45, 7) is 6.85. The van der Waals surface area contributed by atoms with Gasteiger partial charge in [0.1, 0.15) is 0 Å². The van der Waals surface area contributed by atoms with Crippen molar-refractivity contribution < 1.29 is 19.1 Å². The van der Waals surface area contributed by atoms with Crippen LogP contribution in [-0.2, 0) is 27.2 Å². The standard InChI is InChI=1S/C19H26N2O4S/c1-12(17(23)20-18(24)21-19(2,3)4)25-16(22)11-26-15-9-8-13-6-5-7-14(13)10-15/h8-10,12H,5-7,11H2,1-4H3,(H2,20,21,23,24)/t12-/m0/s1. The minimum atomic E-state index is -1.03. The minimum absolute atomic E-state index is 0.116. The molecule has 1 aromatic carbocycles. The number of esters is 1. The van der Waals surface area contributed by atoms with E-state index in [4.69, 9.17) is 4.74 Å². The molecule has 0 radical (unpaired) electrons. The summed E-state index contributed by atoms with van der Waals surface area (Å²) in [5.41, 5.74) is 2.27. The molecule has 6 nitrogen and oxygen atoms in total. The van der Waals surface area contributed by atoms with Gasteiger partial charge in [0.05, 0.1) is 5.75 Å². The highest BCUT2D eigenvalue weighted by Gasteiger charge is 2.22. The molecule has 0 aliphatic heterocycles. The zero-order valence-corrected chi connectivity index (χ0v) is 16.5. The van der Waals surface area contributed by atoms with Gasteiger partial charge in [0.2, 0.25) is 0 Å². The molecule has 0 bridgehead atoms. The Balaban J connectivity index is 1.76. The molecule has 26 heavy (non-hydrogen) atoms. The fourth-order valence-electron chi connectivity index (χ4n) is 2.65. The normalized spacial score (nSPS) is 14.3. The smallest absolute Gasteiger partial charge is 0.321 e. The van der Waals surface area contributed by atoms with Crippen LogP contribution in [-0.4, -0.2) is 35.3 Å². The Kier molecular flexibility index (Phi) is 6.69. The second-order valence-electron chi connectivity index (χ2n) is 7.40. The monoisotopic (exact) mass is 378 g/mol. The Morgan fingerprint density at radius 1 is 1.19 bits per heavy atom. The molecule has 0 saturated carbocycles. The summed E-state index contributed by atoms with van der Waals surface area (Å²) in [5, 5.41) is 4.78. The van der Waals surface area contributed by atoms with Crippen molar-refractivity contribution in [1.29, 1.82) is 0 Å². The maximum atomic E-state index is 12.0. The first-order valence-corrected chi connectivity index (χ1v) is 9.70. The van der Waals surface area contributed by atoms with Gasteiger partial charge in [0, 0.05) is 10.4 Å². The third-order valence-corrected chi connectivity index (χ3v) is 4.80. The summed E-state index contributed by atoms with van der Waals surface area (Å²) in [6.07, 6.45) is 2.36. The van der Waals surface area contributed by atoms with Crippen molar-refractivity contribution in [2.75, 3.05) is 5.75 Å². The van der Waals surface area contributed by atoms with E-state index in [9.17, 15) is 14.4 Å². The van der Waals surface area contributed by atoms with Crippen molar-refractivity contribution in [3.8, 4) is 0 Å². The Labute approximate surface area is 158 Å². The van der Waals surface area contributed by atoms with Crippen molar-refractivity contribution >= 4 is 29.7 Å². The average Bonchev–Trinajstić information content (AvgIpc) is 2.98. The van der Waals surface area contributed by atoms with Crippen LogP contribution >= 0.6 is 11.8 Å². The van der Waals surface area contributed by atoms with E-state index in [1.807, 2.05) is 6.07 Å². The number of thioether (sulfide) groups is 1. The number of amides is 3. The molecule has 1 aromatic rings. The highest BCUT2D eigenvalue weighted by molar-refractivity contribution is 8.00. The molecule has 142 valence electrons. The Bertz CT molecular complexity index is 697. The molecule has 1 aliphatic rings. The Morgan fingerprint density at radius 3 is 2.58 bits per heavy atom. The molecule has 2 rings (SSSR count). The van der Waals surface area contributed by atoms with Gasteiger partial charge < -0.3 is 10.1 Å². The summed E-state index contributed by atoms with van der Waals surface area (Å²) >= 11 is 1.38. The van der Waals surface area contributed by atoms with Crippen LogP contribution in [0.2, 0.25) is 0 Å². The number of imide groups is 1. The lowest BCUT2D eigenvalue weighted by Gasteiger charge is -2.21. The fraction of sp³-hybridized carbons (Fsp3) is 0.526. The zero-order chi connectivity index (χ0) is 19.3. The van der Waals surface area contributed by atoms with Gasteiger partial charge in [-0.15, -0.1) is 11.8 Å². The molecule has 1 aliphatic carbocycles. The number of benzene rings is 1. The number of carbonyl (C=O) groups excluding carboxylic acids is 3. The fourth-order valence-corrected chi connectivity index (χ4v) is 3.39. The predicted molar refractivity (Wildman–Crippen MR) is 101 cm³/mol. The third kappa shape index (κ3) is 6.37. The minimum Gasteiger partial charge on any atom is -0.452 e. The van der Waals surface area contributed by atoms with E-state index >= 15 is 0 Å². The largest absolute Gasteiger partial charge is 0.452 e. The number of nitrogens with one attached hydrogen (secondary N) is 2. The first kappa shape index (κ1) is 20.3. The molecule has 0 aromatic heterocycles. The van der Waals surface area contributed by atoms with Crippen LogP contribution in [0.3, 0.4) is 0 Å². The summed E-state index contributed by atoms with van der Waals surface area (Å²) in [7, 11) is 0. The second kappa shape index (κ2) is 8.58. The number of hydrogen-bond donors (Lipinski definition) is 2. The van der Waals surface area contributed by atoms with Crippen LogP contribution in [0.4, 0.5) is 4.79 Å². The molecule has 0 spiro atoms. The van der Waals surface area contributed by atoms with Gasteiger partial charge >= 0.3 is 12.0 Å². The van der Waals surface area contributed by atoms with E-state index in [2.05, 4.69) is 22.8 Å². The maximum Gasteiger partial charge on any atom is 0.321 e. The molecular formula is C19H26N2O4S. The molecule has 0 heterocycles. The molecule has 7 heteroatoms. The molecule has 3 amide bonds. The van der Waals surface area contributed by atoms with Gasteiger partial charge in [0.15, 0.2) is 6.10 Å². The molecule has 1 atom stereocenters. The summed E-state index contributed by atoms with van der Waals surface area (Å²) in [4.78, 5) is 36.6. The van der Waals surface area contributed by atoms with Gasteiger partial charge in [-0.25, -0.2) is 4.79 Å². The van der Waals surface area contributed by atoms with Crippen LogP contribution in [0.1, 0.15) is 45.2 Å². The van der Waals surface area contributed by atoms with Gasteiger partial charge in [-0.05, 0) is 70.2 Å². The Morgan fingerprint density at radius 2 is 1.88 bits per heavy atom. The SMILES string of the molecule is C[C@H](OC(=O)CSc1ccc2c(c1)CCC2)C(=O)NC(=O)NC(C)(C)C. The van der Waals surface area contributed by atoms with E-state index in [0.717, 1.165) is 17.7 Å². The summed E-state index contributed by atoms with van der Waals surface area (Å²) < 4.78 is 5.11. The van der Waals surface area contributed by atoms with E-state index in [1.54, 1.807) is 20.8 Å². The number of aryl methyl sites for hydroxylation is 2. The lowest BCUT2D eigenvalue weighted by atomic mass is 10.1. The first-order chi connectivity index (χ1) is 12.1. The topological polar surface area (TPSA) is 84.5 Å². The number of ether oxygens (including phenoxy) is 1. The number of fused-ring (bicyclic) bond motifs is 1. The van der Waals surface area contributed by atoms with Crippen LogP contribution in [0, 0.1) is 0 Å². The van der Waals surface area contributed by atoms with Crippen molar-refractivity contribution in [2.24, 2.45) is 0 Å². The van der Waals surface area contributed by atoms with E-state index in [-0.39, 0.29) is 5.75 Å². The van der Waals surface area contributed by atoms with Crippen molar-refractivity contribution in [2.45, 2.75) is 63.5 Å². The number of hydrogen-bond acceptors (Lipinski definition) is 5. The first-order valence-electron chi connectivity index (χ1n) is 8.71. The van der Waals surface area contributed by atoms with Crippen molar-refractivity contribution in [3.63, 3.8) is 0 Å². The van der Waals surface area contributed by atoms with Gasteiger partial charge in [-0.2, -0.15) is 0 Å². The second-order valence-corrected chi connectivity index (χ2v) is 8.45. The number of urea groups is 1. The zero-order valence-electron chi connectivity index (χ0n) is 15.7. The van der Waals surface area contributed by atoms with Crippen LogP contribution in [0.15, 0.2) is 23.1 Å². The molecule has 0 saturated heterocycles. The molecule has 2 N–H and O–H groups in total. The number of rotatable bonds is 5. The van der Waals surface area contributed by atoms with E-state index in [0.29, 0.717) is 0 Å². The van der Waals surface area contributed by atoms with Crippen LogP contribution in [0.5, 0.6) is 0 Å². The molecule has 0 unspecified atom stereocenters. The van der Waals surface area contributed by atoms with Crippen LogP contribution in [0.25, 0.3) is 0 Å². The quantitative estimate of drug-likeness (QED) is 0.608. The highest BCUT2D eigenvalue weighted by atomic mass is 32.2. The average molecular weight is 378 g/mol.